The first-order valence-electron chi connectivity index (χ1n) is 8.50. The van der Waals surface area contributed by atoms with Gasteiger partial charge in [-0.3, -0.25) is 4.79 Å². The van der Waals surface area contributed by atoms with Crippen LogP contribution in [-0.2, 0) is 6.54 Å². The van der Waals surface area contributed by atoms with Crippen molar-refractivity contribution in [2.75, 3.05) is 0 Å². The SMILES string of the molecule is Cc1cc(C(=O)NC(c2cccs2)C(C)C)c(C)n1Cc1ccco1. The summed E-state index contributed by atoms with van der Waals surface area (Å²) in [6, 6.07) is 9.92. The van der Waals surface area contributed by atoms with Crippen molar-refractivity contribution in [3.63, 3.8) is 0 Å². The molecule has 3 heterocycles. The van der Waals surface area contributed by atoms with Gasteiger partial charge in [0.25, 0.3) is 5.91 Å². The van der Waals surface area contributed by atoms with E-state index in [4.69, 9.17) is 4.42 Å². The molecular weight excluding hydrogens is 332 g/mol. The van der Waals surface area contributed by atoms with Crippen molar-refractivity contribution in [3.05, 3.63) is 69.6 Å². The van der Waals surface area contributed by atoms with E-state index in [-0.39, 0.29) is 11.9 Å². The van der Waals surface area contributed by atoms with E-state index in [1.165, 1.54) is 4.88 Å². The number of amides is 1. The van der Waals surface area contributed by atoms with E-state index in [9.17, 15) is 4.79 Å². The second kappa shape index (κ2) is 7.31. The van der Waals surface area contributed by atoms with E-state index < -0.39 is 0 Å². The van der Waals surface area contributed by atoms with Crippen LogP contribution < -0.4 is 5.32 Å². The maximum absolute atomic E-state index is 12.9. The first-order chi connectivity index (χ1) is 12.0. The van der Waals surface area contributed by atoms with Gasteiger partial charge in [-0.05, 0) is 49.4 Å². The Morgan fingerprint density at radius 1 is 1.28 bits per heavy atom. The number of nitrogens with zero attached hydrogens (tertiary/aromatic N) is 1. The number of carbonyl (C=O) groups excluding carboxylic acids is 1. The quantitative estimate of drug-likeness (QED) is 0.680. The Kier molecular flexibility index (Phi) is 5.13. The Morgan fingerprint density at radius 2 is 2.08 bits per heavy atom. The minimum absolute atomic E-state index is 0.0223. The second-order valence-electron chi connectivity index (χ2n) is 6.66. The molecule has 25 heavy (non-hydrogen) atoms. The molecule has 1 atom stereocenters. The van der Waals surface area contributed by atoms with Crippen LogP contribution in [-0.4, -0.2) is 10.5 Å². The van der Waals surface area contributed by atoms with Gasteiger partial charge in [-0.25, -0.2) is 0 Å². The highest BCUT2D eigenvalue weighted by atomic mass is 32.1. The molecule has 3 aromatic rings. The van der Waals surface area contributed by atoms with Crippen molar-refractivity contribution in [2.45, 2.75) is 40.3 Å². The zero-order valence-corrected chi connectivity index (χ0v) is 15.9. The molecule has 0 radical (unpaired) electrons. The summed E-state index contributed by atoms with van der Waals surface area (Å²) >= 11 is 1.68. The molecule has 0 fully saturated rings. The Bertz CT molecular complexity index is 830. The van der Waals surface area contributed by atoms with Gasteiger partial charge in [0.15, 0.2) is 0 Å². The van der Waals surface area contributed by atoms with Crippen LogP contribution in [0.3, 0.4) is 0 Å². The summed E-state index contributed by atoms with van der Waals surface area (Å²) in [5, 5.41) is 5.26. The Morgan fingerprint density at radius 3 is 2.68 bits per heavy atom. The van der Waals surface area contributed by atoms with Gasteiger partial charge in [0.05, 0.1) is 24.4 Å². The molecule has 1 amide bonds. The van der Waals surface area contributed by atoms with Crippen molar-refractivity contribution in [3.8, 4) is 0 Å². The largest absolute Gasteiger partial charge is 0.467 e. The lowest BCUT2D eigenvalue weighted by atomic mass is 10.0. The minimum atomic E-state index is -0.0223. The second-order valence-corrected chi connectivity index (χ2v) is 7.64. The summed E-state index contributed by atoms with van der Waals surface area (Å²) in [6.07, 6.45) is 1.67. The van der Waals surface area contributed by atoms with Crippen LogP contribution in [0.5, 0.6) is 0 Å². The van der Waals surface area contributed by atoms with Gasteiger partial charge >= 0.3 is 0 Å². The lowest BCUT2D eigenvalue weighted by Gasteiger charge is -2.21. The van der Waals surface area contributed by atoms with Crippen molar-refractivity contribution >= 4 is 17.2 Å². The van der Waals surface area contributed by atoms with Crippen LogP contribution in [0.25, 0.3) is 0 Å². The number of rotatable bonds is 6. The molecule has 0 bridgehead atoms. The first-order valence-corrected chi connectivity index (χ1v) is 9.38. The first kappa shape index (κ1) is 17.5. The normalized spacial score (nSPS) is 12.5. The molecule has 0 aliphatic rings. The van der Waals surface area contributed by atoms with Crippen LogP contribution in [0.15, 0.2) is 46.4 Å². The van der Waals surface area contributed by atoms with E-state index in [0.29, 0.717) is 12.5 Å². The van der Waals surface area contributed by atoms with Gasteiger partial charge in [0.1, 0.15) is 5.76 Å². The van der Waals surface area contributed by atoms with E-state index in [1.807, 2.05) is 43.5 Å². The lowest BCUT2D eigenvalue weighted by Crippen LogP contribution is -2.31. The number of thiophene rings is 1. The third-order valence-electron chi connectivity index (χ3n) is 4.52. The molecule has 3 aromatic heterocycles. The van der Waals surface area contributed by atoms with E-state index >= 15 is 0 Å². The maximum atomic E-state index is 12.9. The molecule has 1 N–H and O–H groups in total. The molecule has 0 saturated carbocycles. The number of hydrogen-bond donors (Lipinski definition) is 1. The fraction of sp³-hybridized carbons (Fsp3) is 0.350. The third kappa shape index (κ3) is 3.71. The zero-order valence-electron chi connectivity index (χ0n) is 15.1. The number of furan rings is 1. The number of nitrogens with one attached hydrogen (secondary N) is 1. The molecule has 0 aliphatic heterocycles. The maximum Gasteiger partial charge on any atom is 0.253 e. The zero-order chi connectivity index (χ0) is 18.0. The van der Waals surface area contributed by atoms with Crippen molar-refractivity contribution in [1.82, 2.24) is 9.88 Å². The van der Waals surface area contributed by atoms with E-state index in [2.05, 4.69) is 29.8 Å². The highest BCUT2D eigenvalue weighted by Crippen LogP contribution is 2.27. The number of hydrogen-bond acceptors (Lipinski definition) is 3. The fourth-order valence-electron chi connectivity index (χ4n) is 3.09. The van der Waals surface area contributed by atoms with Crippen molar-refractivity contribution in [2.24, 2.45) is 5.92 Å². The molecule has 0 aliphatic carbocycles. The number of aromatic nitrogens is 1. The van der Waals surface area contributed by atoms with Gasteiger partial charge < -0.3 is 14.3 Å². The van der Waals surface area contributed by atoms with Crippen molar-refractivity contribution in [1.29, 1.82) is 0 Å². The molecule has 132 valence electrons. The molecule has 0 spiro atoms. The molecular formula is C20H24N2O2S. The van der Waals surface area contributed by atoms with Crippen molar-refractivity contribution < 1.29 is 9.21 Å². The Hall–Kier alpha value is -2.27. The summed E-state index contributed by atoms with van der Waals surface area (Å²) in [6.45, 7) is 8.90. The average Bonchev–Trinajstić information content (AvgIpc) is 3.31. The third-order valence-corrected chi connectivity index (χ3v) is 5.47. The summed E-state index contributed by atoms with van der Waals surface area (Å²) in [7, 11) is 0. The van der Waals surface area contributed by atoms with Crippen LogP contribution in [0.2, 0.25) is 0 Å². The number of aryl methyl sites for hydroxylation is 1. The summed E-state index contributed by atoms with van der Waals surface area (Å²) in [5.74, 6) is 1.19. The topological polar surface area (TPSA) is 47.2 Å². The Balaban J connectivity index is 1.82. The lowest BCUT2D eigenvalue weighted by molar-refractivity contribution is 0.0926. The monoisotopic (exact) mass is 356 g/mol. The van der Waals surface area contributed by atoms with Gasteiger partial charge in [-0.2, -0.15) is 0 Å². The molecule has 5 heteroatoms. The van der Waals surface area contributed by atoms with Gasteiger partial charge in [0.2, 0.25) is 0 Å². The van der Waals surface area contributed by atoms with Crippen LogP contribution in [0.4, 0.5) is 0 Å². The molecule has 0 aromatic carbocycles. The summed E-state index contributed by atoms with van der Waals surface area (Å²) < 4.78 is 7.56. The fourth-order valence-corrected chi connectivity index (χ4v) is 4.04. The minimum Gasteiger partial charge on any atom is -0.467 e. The molecule has 3 rings (SSSR count). The highest BCUT2D eigenvalue weighted by molar-refractivity contribution is 7.10. The smallest absolute Gasteiger partial charge is 0.253 e. The van der Waals surface area contributed by atoms with E-state index in [1.54, 1.807) is 17.6 Å². The van der Waals surface area contributed by atoms with Gasteiger partial charge in [0, 0.05) is 16.3 Å². The average molecular weight is 356 g/mol. The van der Waals surface area contributed by atoms with Crippen LogP contribution >= 0.6 is 11.3 Å². The summed E-state index contributed by atoms with van der Waals surface area (Å²) in [5.41, 5.74) is 2.74. The van der Waals surface area contributed by atoms with E-state index in [0.717, 1.165) is 22.7 Å². The van der Waals surface area contributed by atoms with Crippen LogP contribution in [0, 0.1) is 19.8 Å². The van der Waals surface area contributed by atoms with Gasteiger partial charge in [-0.1, -0.05) is 19.9 Å². The highest BCUT2D eigenvalue weighted by Gasteiger charge is 2.23. The molecule has 1 unspecified atom stereocenters. The van der Waals surface area contributed by atoms with Gasteiger partial charge in [-0.15, -0.1) is 11.3 Å². The number of carbonyl (C=O) groups is 1. The summed E-state index contributed by atoms with van der Waals surface area (Å²) in [4.78, 5) is 14.1. The standard InChI is InChI=1S/C20H24N2O2S/c1-13(2)19(18-8-6-10-25-18)21-20(23)17-11-14(3)22(15(17)4)12-16-7-5-9-24-16/h5-11,13,19H,12H2,1-4H3,(H,21,23). The predicted octanol–water partition coefficient (Wildman–Crippen LogP) is 4.93. The molecule has 0 saturated heterocycles. The predicted molar refractivity (Wildman–Crippen MR) is 101 cm³/mol. The molecule has 4 nitrogen and oxygen atoms in total. The van der Waals surface area contributed by atoms with Crippen LogP contribution in [0.1, 0.15) is 52.3 Å². The Labute approximate surface area is 152 Å².